The third-order valence-electron chi connectivity index (χ3n) is 6.42. The molecular weight excluding hydrogens is 378 g/mol. The van der Waals surface area contributed by atoms with Crippen molar-refractivity contribution in [2.24, 2.45) is 0 Å². The zero-order valence-corrected chi connectivity index (χ0v) is 17.2. The molecule has 156 valence electrons. The predicted molar refractivity (Wildman–Crippen MR) is 114 cm³/mol. The van der Waals surface area contributed by atoms with E-state index >= 15 is 0 Å². The molecular formula is C23H27N5O2. The summed E-state index contributed by atoms with van der Waals surface area (Å²) >= 11 is 0. The first-order valence-electron chi connectivity index (χ1n) is 10.8. The van der Waals surface area contributed by atoms with Crippen molar-refractivity contribution in [1.29, 1.82) is 0 Å². The molecule has 3 heterocycles. The van der Waals surface area contributed by atoms with Gasteiger partial charge in [0.25, 0.3) is 5.91 Å². The molecule has 1 aromatic carbocycles. The highest BCUT2D eigenvalue weighted by molar-refractivity contribution is 6.06. The summed E-state index contributed by atoms with van der Waals surface area (Å²) in [6, 6.07) is 8.02. The van der Waals surface area contributed by atoms with Crippen LogP contribution in [-0.2, 0) is 17.8 Å². The molecule has 5 rings (SSSR count). The Morgan fingerprint density at radius 3 is 2.83 bits per heavy atom. The minimum Gasteiger partial charge on any atom is -0.360 e. The Bertz CT molecular complexity index is 1090. The van der Waals surface area contributed by atoms with Crippen LogP contribution in [-0.4, -0.2) is 43.8 Å². The number of imidazole rings is 1. The molecule has 2 aliphatic rings. The molecule has 2 aromatic heterocycles. The standard InChI is InChI=1S/C23H27N5O2/c1-15-22-26-17(12-21(29)25-16-6-2-3-7-16)14-27(22)10-11-28(15)23(30)19-13-24-20-9-5-4-8-18(19)20/h4-5,8-9,13-16,24H,2-3,6-7,10-12H2,1H3,(H,25,29)/t15-/m0/s1. The number of benzene rings is 1. The molecule has 1 fully saturated rings. The molecule has 0 spiro atoms. The van der Waals surface area contributed by atoms with Crippen LogP contribution in [0.25, 0.3) is 10.9 Å². The summed E-state index contributed by atoms with van der Waals surface area (Å²) in [4.78, 5) is 35.4. The number of hydrogen-bond donors (Lipinski definition) is 2. The van der Waals surface area contributed by atoms with E-state index in [4.69, 9.17) is 4.98 Å². The highest BCUT2D eigenvalue weighted by atomic mass is 16.2. The number of hydrogen-bond acceptors (Lipinski definition) is 3. The summed E-state index contributed by atoms with van der Waals surface area (Å²) in [6.07, 6.45) is 8.59. The lowest BCUT2D eigenvalue weighted by Gasteiger charge is -2.33. The Labute approximate surface area is 175 Å². The molecule has 0 bridgehead atoms. The van der Waals surface area contributed by atoms with E-state index in [1.807, 2.05) is 42.3 Å². The van der Waals surface area contributed by atoms with Crippen molar-refractivity contribution >= 4 is 22.7 Å². The molecule has 7 nitrogen and oxygen atoms in total. The van der Waals surface area contributed by atoms with E-state index in [2.05, 4.69) is 14.9 Å². The van der Waals surface area contributed by atoms with Crippen LogP contribution in [0.3, 0.4) is 0 Å². The maximum Gasteiger partial charge on any atom is 0.256 e. The Kier molecular flexibility index (Phi) is 4.81. The van der Waals surface area contributed by atoms with Crippen LogP contribution in [0.5, 0.6) is 0 Å². The predicted octanol–water partition coefficient (Wildman–Crippen LogP) is 3.18. The summed E-state index contributed by atoms with van der Waals surface area (Å²) in [6.45, 7) is 3.31. The normalized spacial score (nSPS) is 19.2. The van der Waals surface area contributed by atoms with Crippen molar-refractivity contribution in [3.05, 3.63) is 53.7 Å². The first-order valence-corrected chi connectivity index (χ1v) is 10.8. The van der Waals surface area contributed by atoms with Crippen LogP contribution >= 0.6 is 0 Å². The van der Waals surface area contributed by atoms with Gasteiger partial charge in [0.2, 0.25) is 5.91 Å². The molecule has 2 N–H and O–H groups in total. The van der Waals surface area contributed by atoms with Crippen molar-refractivity contribution in [3.8, 4) is 0 Å². The molecule has 0 saturated heterocycles. The van der Waals surface area contributed by atoms with Gasteiger partial charge in [-0.15, -0.1) is 0 Å². The van der Waals surface area contributed by atoms with Crippen molar-refractivity contribution in [2.75, 3.05) is 6.54 Å². The second kappa shape index (κ2) is 7.63. The van der Waals surface area contributed by atoms with Crippen LogP contribution in [0.4, 0.5) is 0 Å². The van der Waals surface area contributed by atoms with Gasteiger partial charge in [-0.2, -0.15) is 0 Å². The van der Waals surface area contributed by atoms with Crippen molar-refractivity contribution in [1.82, 2.24) is 24.8 Å². The maximum absolute atomic E-state index is 13.3. The molecule has 0 radical (unpaired) electrons. The van der Waals surface area contributed by atoms with E-state index in [-0.39, 0.29) is 17.9 Å². The van der Waals surface area contributed by atoms with Crippen LogP contribution in [0.1, 0.15) is 60.5 Å². The van der Waals surface area contributed by atoms with Gasteiger partial charge in [-0.1, -0.05) is 31.0 Å². The number of amides is 2. The van der Waals surface area contributed by atoms with Gasteiger partial charge in [-0.25, -0.2) is 4.98 Å². The zero-order chi connectivity index (χ0) is 20.7. The number of rotatable bonds is 4. The summed E-state index contributed by atoms with van der Waals surface area (Å²) in [5.41, 5.74) is 2.42. The van der Waals surface area contributed by atoms with E-state index in [0.29, 0.717) is 31.1 Å². The van der Waals surface area contributed by atoms with E-state index in [9.17, 15) is 9.59 Å². The fraction of sp³-hybridized carbons (Fsp3) is 0.435. The fourth-order valence-corrected chi connectivity index (χ4v) is 4.83. The molecule has 2 amide bonds. The lowest BCUT2D eigenvalue weighted by atomic mass is 10.1. The van der Waals surface area contributed by atoms with Crippen molar-refractivity contribution in [2.45, 2.75) is 57.7 Å². The summed E-state index contributed by atoms with van der Waals surface area (Å²) < 4.78 is 2.09. The fourth-order valence-electron chi connectivity index (χ4n) is 4.83. The minimum absolute atomic E-state index is 0.00901. The number of para-hydroxylation sites is 1. The summed E-state index contributed by atoms with van der Waals surface area (Å²) in [7, 11) is 0. The number of carbonyl (C=O) groups is 2. The molecule has 30 heavy (non-hydrogen) atoms. The highest BCUT2D eigenvalue weighted by Gasteiger charge is 2.31. The number of nitrogens with zero attached hydrogens (tertiary/aromatic N) is 3. The van der Waals surface area contributed by atoms with Gasteiger partial charge in [0.15, 0.2) is 0 Å². The average Bonchev–Trinajstić information content (AvgIpc) is 3.47. The Balaban J connectivity index is 1.32. The SMILES string of the molecule is C[C@H]1c2nc(CC(=O)NC3CCCC3)cn2CCN1C(=O)c1c[nH]c2ccccc12. The first kappa shape index (κ1) is 18.9. The maximum atomic E-state index is 13.3. The topological polar surface area (TPSA) is 83.0 Å². The zero-order valence-electron chi connectivity index (χ0n) is 17.2. The molecule has 1 aliphatic carbocycles. The van der Waals surface area contributed by atoms with Crippen LogP contribution in [0.15, 0.2) is 36.7 Å². The van der Waals surface area contributed by atoms with Gasteiger partial charge in [-0.3, -0.25) is 9.59 Å². The van der Waals surface area contributed by atoms with Crippen LogP contribution in [0, 0.1) is 0 Å². The Morgan fingerprint density at radius 2 is 2.00 bits per heavy atom. The summed E-state index contributed by atoms with van der Waals surface area (Å²) in [5, 5.41) is 4.06. The molecule has 7 heteroatoms. The van der Waals surface area contributed by atoms with E-state index in [1.165, 1.54) is 12.8 Å². The monoisotopic (exact) mass is 405 g/mol. The van der Waals surface area contributed by atoms with Gasteiger partial charge in [0.1, 0.15) is 5.82 Å². The molecule has 1 atom stereocenters. The van der Waals surface area contributed by atoms with Gasteiger partial charge in [0.05, 0.1) is 23.7 Å². The Hall–Kier alpha value is -3.09. The minimum atomic E-state index is -0.147. The molecule has 3 aromatic rings. The van der Waals surface area contributed by atoms with E-state index < -0.39 is 0 Å². The van der Waals surface area contributed by atoms with Gasteiger partial charge < -0.3 is 19.8 Å². The molecule has 1 saturated carbocycles. The number of fused-ring (bicyclic) bond motifs is 2. The molecule has 0 unspecified atom stereocenters. The number of nitrogens with one attached hydrogen (secondary N) is 2. The second-order valence-electron chi connectivity index (χ2n) is 8.43. The van der Waals surface area contributed by atoms with Gasteiger partial charge in [0, 0.05) is 42.4 Å². The van der Waals surface area contributed by atoms with Gasteiger partial charge in [-0.05, 0) is 25.8 Å². The second-order valence-corrected chi connectivity index (χ2v) is 8.43. The lowest BCUT2D eigenvalue weighted by molar-refractivity contribution is -0.121. The lowest BCUT2D eigenvalue weighted by Crippen LogP contribution is -2.41. The van der Waals surface area contributed by atoms with Crippen molar-refractivity contribution in [3.63, 3.8) is 0 Å². The average molecular weight is 406 g/mol. The number of carbonyl (C=O) groups excluding carboxylic acids is 2. The van der Waals surface area contributed by atoms with E-state index in [0.717, 1.165) is 35.3 Å². The van der Waals surface area contributed by atoms with Gasteiger partial charge >= 0.3 is 0 Å². The number of H-pyrrole nitrogens is 1. The highest BCUT2D eigenvalue weighted by Crippen LogP contribution is 2.28. The third-order valence-corrected chi connectivity index (χ3v) is 6.42. The van der Waals surface area contributed by atoms with Crippen LogP contribution in [0.2, 0.25) is 0 Å². The number of aromatic amines is 1. The summed E-state index contributed by atoms with van der Waals surface area (Å²) in [5.74, 6) is 0.893. The van der Waals surface area contributed by atoms with Crippen LogP contribution < -0.4 is 5.32 Å². The number of aromatic nitrogens is 3. The largest absolute Gasteiger partial charge is 0.360 e. The smallest absolute Gasteiger partial charge is 0.256 e. The molecule has 1 aliphatic heterocycles. The third kappa shape index (κ3) is 3.38. The van der Waals surface area contributed by atoms with E-state index in [1.54, 1.807) is 6.20 Å². The Morgan fingerprint density at radius 1 is 1.20 bits per heavy atom. The quantitative estimate of drug-likeness (QED) is 0.699. The van der Waals surface area contributed by atoms with Crippen molar-refractivity contribution < 1.29 is 9.59 Å². The first-order chi connectivity index (χ1) is 14.6.